The predicted molar refractivity (Wildman–Crippen MR) is 74.0 cm³/mol. The molecule has 0 spiro atoms. The summed E-state index contributed by atoms with van der Waals surface area (Å²) in [5.41, 5.74) is 3.87. The fraction of sp³-hybridized carbons (Fsp3) is 0.615. The first-order chi connectivity index (χ1) is 8.69. The van der Waals surface area contributed by atoms with Gasteiger partial charge in [0.2, 0.25) is 0 Å². The summed E-state index contributed by atoms with van der Waals surface area (Å²) >= 11 is 0. The van der Waals surface area contributed by atoms with Gasteiger partial charge in [0, 0.05) is 25.3 Å². The molecular weight excluding hydrogens is 226 g/mol. The largest absolute Gasteiger partial charge is 0.308 e. The van der Waals surface area contributed by atoms with E-state index in [9.17, 15) is 0 Å². The van der Waals surface area contributed by atoms with Crippen LogP contribution >= 0.6 is 0 Å². The third-order valence-corrected chi connectivity index (χ3v) is 3.43. The van der Waals surface area contributed by atoms with Crippen LogP contribution in [0.25, 0.3) is 0 Å². The summed E-state index contributed by atoms with van der Waals surface area (Å²) in [4.78, 5) is 8.95. The maximum absolute atomic E-state index is 5.39. The van der Waals surface area contributed by atoms with Crippen LogP contribution in [0.3, 0.4) is 0 Å². The molecule has 5 heteroatoms. The molecular formula is C13H23N5. The zero-order valence-electron chi connectivity index (χ0n) is 11.3. The second-order valence-electron chi connectivity index (χ2n) is 5.22. The summed E-state index contributed by atoms with van der Waals surface area (Å²) in [6.45, 7) is 3.30. The Bertz CT molecular complexity index is 379. The molecule has 1 aliphatic rings. The van der Waals surface area contributed by atoms with Crippen LogP contribution < -0.4 is 11.3 Å². The first-order valence-corrected chi connectivity index (χ1v) is 6.49. The van der Waals surface area contributed by atoms with Crippen LogP contribution in [-0.4, -0.2) is 48.0 Å². The van der Waals surface area contributed by atoms with Gasteiger partial charge in [-0.1, -0.05) is 0 Å². The van der Waals surface area contributed by atoms with E-state index in [-0.39, 0.29) is 0 Å². The van der Waals surface area contributed by atoms with Crippen molar-refractivity contribution < 1.29 is 0 Å². The van der Waals surface area contributed by atoms with Gasteiger partial charge < -0.3 is 10.3 Å². The average Bonchev–Trinajstić information content (AvgIpc) is 2.76. The molecule has 0 amide bonds. The molecule has 0 radical (unpaired) electrons. The predicted octanol–water partition coefficient (Wildman–Crippen LogP) is 0.893. The van der Waals surface area contributed by atoms with Crippen LogP contribution in [0.1, 0.15) is 18.4 Å². The molecule has 1 saturated heterocycles. The molecule has 100 valence electrons. The molecule has 0 saturated carbocycles. The number of aromatic nitrogens is 1. The van der Waals surface area contributed by atoms with Gasteiger partial charge >= 0.3 is 0 Å². The number of likely N-dealkylation sites (tertiary alicyclic amines) is 1. The number of likely N-dealkylation sites (N-methyl/N-ethyl adjacent to an activating group) is 1. The van der Waals surface area contributed by atoms with Gasteiger partial charge in [-0.05, 0) is 51.2 Å². The molecule has 1 aliphatic heterocycles. The zero-order chi connectivity index (χ0) is 13.0. The molecule has 0 aliphatic carbocycles. The Labute approximate surface area is 109 Å². The van der Waals surface area contributed by atoms with Gasteiger partial charge in [0.05, 0.1) is 0 Å². The maximum Gasteiger partial charge on any atom is 0.140 e. The van der Waals surface area contributed by atoms with Crippen molar-refractivity contribution in [2.24, 2.45) is 5.84 Å². The lowest BCUT2D eigenvalue weighted by Crippen LogP contribution is -2.37. The maximum atomic E-state index is 5.39. The summed E-state index contributed by atoms with van der Waals surface area (Å²) in [7, 11) is 4.28. The molecule has 1 atom stereocenters. The summed E-state index contributed by atoms with van der Waals surface area (Å²) in [5.74, 6) is 6.12. The number of nitrogens with two attached hydrogens (primary N) is 1. The summed E-state index contributed by atoms with van der Waals surface area (Å²) in [6.07, 6.45) is 4.40. The fourth-order valence-corrected chi connectivity index (χ4v) is 2.62. The van der Waals surface area contributed by atoms with Crippen molar-refractivity contribution in [1.29, 1.82) is 0 Å². The van der Waals surface area contributed by atoms with Crippen molar-refractivity contribution >= 4 is 5.82 Å². The zero-order valence-corrected chi connectivity index (χ0v) is 11.3. The lowest BCUT2D eigenvalue weighted by atomic mass is 10.2. The number of nitrogens with one attached hydrogen (secondary N) is 1. The van der Waals surface area contributed by atoms with Crippen molar-refractivity contribution in [3.63, 3.8) is 0 Å². The lowest BCUT2D eigenvalue weighted by molar-refractivity contribution is 0.201. The van der Waals surface area contributed by atoms with E-state index in [0.717, 1.165) is 18.9 Å². The van der Waals surface area contributed by atoms with Gasteiger partial charge in [0.25, 0.3) is 0 Å². The lowest BCUT2D eigenvalue weighted by Gasteiger charge is -2.27. The Balaban J connectivity index is 1.98. The van der Waals surface area contributed by atoms with Crippen LogP contribution in [0, 0.1) is 0 Å². The van der Waals surface area contributed by atoms with E-state index >= 15 is 0 Å². The second kappa shape index (κ2) is 6.13. The minimum atomic E-state index is 0.669. The van der Waals surface area contributed by atoms with E-state index in [0.29, 0.717) is 6.04 Å². The topological polar surface area (TPSA) is 57.4 Å². The van der Waals surface area contributed by atoms with Gasteiger partial charge in [-0.2, -0.15) is 0 Å². The van der Waals surface area contributed by atoms with Crippen molar-refractivity contribution in [3.8, 4) is 0 Å². The van der Waals surface area contributed by atoms with E-state index in [1.54, 1.807) is 0 Å². The monoisotopic (exact) mass is 249 g/mol. The molecule has 3 N–H and O–H groups in total. The third kappa shape index (κ3) is 3.41. The SMILES string of the molecule is CN(C)CC1CCCN1Cc1ccnc(NN)c1. The van der Waals surface area contributed by atoms with E-state index in [4.69, 9.17) is 5.84 Å². The Hall–Kier alpha value is -1.17. The van der Waals surface area contributed by atoms with Crippen LogP contribution in [-0.2, 0) is 6.54 Å². The Morgan fingerprint density at radius 3 is 3.11 bits per heavy atom. The molecule has 2 rings (SSSR count). The van der Waals surface area contributed by atoms with Crippen LogP contribution in [0.5, 0.6) is 0 Å². The Morgan fingerprint density at radius 1 is 1.56 bits per heavy atom. The third-order valence-electron chi connectivity index (χ3n) is 3.43. The highest BCUT2D eigenvalue weighted by Gasteiger charge is 2.24. The number of rotatable bonds is 5. The molecule has 18 heavy (non-hydrogen) atoms. The summed E-state index contributed by atoms with van der Waals surface area (Å²) in [5, 5.41) is 0. The van der Waals surface area contributed by atoms with Gasteiger partial charge in [-0.25, -0.2) is 10.8 Å². The molecule has 1 fully saturated rings. The first-order valence-electron chi connectivity index (χ1n) is 6.49. The fourth-order valence-electron chi connectivity index (χ4n) is 2.62. The highest BCUT2D eigenvalue weighted by atomic mass is 15.2. The molecule has 0 bridgehead atoms. The van der Waals surface area contributed by atoms with E-state index < -0.39 is 0 Å². The van der Waals surface area contributed by atoms with E-state index in [1.807, 2.05) is 12.3 Å². The van der Waals surface area contributed by atoms with Gasteiger partial charge in [-0.15, -0.1) is 0 Å². The number of nitrogens with zero attached hydrogens (tertiary/aromatic N) is 3. The van der Waals surface area contributed by atoms with Crippen molar-refractivity contribution in [1.82, 2.24) is 14.8 Å². The number of nitrogen functional groups attached to an aromatic ring is 1. The highest BCUT2D eigenvalue weighted by Crippen LogP contribution is 2.21. The van der Waals surface area contributed by atoms with E-state index in [2.05, 4.69) is 40.4 Å². The Morgan fingerprint density at radius 2 is 2.39 bits per heavy atom. The summed E-state index contributed by atoms with van der Waals surface area (Å²) in [6, 6.07) is 4.75. The molecule has 1 aromatic heterocycles. The van der Waals surface area contributed by atoms with Gasteiger partial charge in [-0.3, -0.25) is 4.90 Å². The van der Waals surface area contributed by atoms with Crippen molar-refractivity contribution in [2.75, 3.05) is 32.6 Å². The minimum absolute atomic E-state index is 0.669. The number of hydrogen-bond acceptors (Lipinski definition) is 5. The van der Waals surface area contributed by atoms with E-state index in [1.165, 1.54) is 24.9 Å². The van der Waals surface area contributed by atoms with Crippen LogP contribution in [0.4, 0.5) is 5.82 Å². The normalized spacial score (nSPS) is 20.6. The standard InChI is InChI=1S/C13H23N5/c1-17(2)10-12-4-3-7-18(12)9-11-5-6-15-13(8-11)16-14/h5-6,8,12H,3-4,7,9-10,14H2,1-2H3,(H,15,16). The minimum Gasteiger partial charge on any atom is -0.308 e. The number of pyridine rings is 1. The smallest absolute Gasteiger partial charge is 0.140 e. The number of anilines is 1. The Kier molecular flexibility index (Phi) is 4.52. The molecule has 1 unspecified atom stereocenters. The van der Waals surface area contributed by atoms with Crippen molar-refractivity contribution in [3.05, 3.63) is 23.9 Å². The first kappa shape index (κ1) is 13.3. The van der Waals surface area contributed by atoms with Crippen LogP contribution in [0.15, 0.2) is 18.3 Å². The van der Waals surface area contributed by atoms with Crippen molar-refractivity contribution in [2.45, 2.75) is 25.4 Å². The number of hydrogen-bond donors (Lipinski definition) is 2. The van der Waals surface area contributed by atoms with Crippen LogP contribution in [0.2, 0.25) is 0 Å². The second-order valence-corrected chi connectivity index (χ2v) is 5.22. The van der Waals surface area contributed by atoms with Gasteiger partial charge in [0.15, 0.2) is 0 Å². The van der Waals surface area contributed by atoms with Gasteiger partial charge in [0.1, 0.15) is 5.82 Å². The average molecular weight is 249 g/mol. The molecule has 1 aromatic rings. The molecule has 5 nitrogen and oxygen atoms in total. The molecule has 0 aromatic carbocycles. The summed E-state index contributed by atoms with van der Waals surface area (Å²) < 4.78 is 0. The highest BCUT2D eigenvalue weighted by molar-refractivity contribution is 5.35. The number of hydrazine groups is 1. The molecule has 2 heterocycles. The quantitative estimate of drug-likeness (QED) is 0.599.